The number of aromatic nitrogens is 1. The van der Waals surface area contributed by atoms with Gasteiger partial charge in [-0.05, 0) is 52.9 Å². The molecule has 0 saturated carbocycles. The Morgan fingerprint density at radius 2 is 1.17 bits per heavy atom. The maximum Gasteiger partial charge on any atom is 0.136 e. The third-order valence-corrected chi connectivity index (χ3v) is 7.38. The Labute approximate surface area is 207 Å². The zero-order valence-electron chi connectivity index (χ0n) is 19.5. The molecule has 8 aromatic rings. The molecule has 0 N–H and O–H groups in total. The first kappa shape index (κ1) is 19.5. The summed E-state index contributed by atoms with van der Waals surface area (Å²) in [5, 5.41) is 7.24. The van der Waals surface area contributed by atoms with Gasteiger partial charge in [0.1, 0.15) is 11.2 Å². The molecule has 6 aromatic carbocycles. The molecule has 0 aliphatic rings. The van der Waals surface area contributed by atoms with E-state index in [1.165, 1.54) is 43.7 Å². The van der Waals surface area contributed by atoms with Crippen molar-refractivity contribution in [1.82, 2.24) is 4.57 Å². The Balaban J connectivity index is 1.45. The van der Waals surface area contributed by atoms with Crippen molar-refractivity contribution in [3.63, 3.8) is 0 Å². The number of hydrogen-bond donors (Lipinski definition) is 0. The van der Waals surface area contributed by atoms with E-state index in [1.54, 1.807) is 0 Å². The van der Waals surface area contributed by atoms with Crippen LogP contribution in [0.25, 0.3) is 71.3 Å². The Bertz CT molecular complexity index is 2080. The van der Waals surface area contributed by atoms with Gasteiger partial charge in [0.2, 0.25) is 0 Å². The van der Waals surface area contributed by atoms with Crippen LogP contribution in [0, 0.1) is 0 Å². The molecule has 8 rings (SSSR count). The van der Waals surface area contributed by atoms with E-state index in [0.717, 1.165) is 27.6 Å². The number of nitrogens with zero attached hydrogens (tertiary/aromatic N) is 1. The molecule has 0 atom stereocenters. The van der Waals surface area contributed by atoms with Gasteiger partial charge in [0, 0.05) is 32.6 Å². The minimum atomic E-state index is 0.924. The molecular formula is C34H21NO. The van der Waals surface area contributed by atoms with E-state index in [0.29, 0.717) is 0 Å². The summed E-state index contributed by atoms with van der Waals surface area (Å²) in [6.45, 7) is 0. The Hall–Kier alpha value is -4.82. The second-order valence-corrected chi connectivity index (χ2v) is 9.39. The van der Waals surface area contributed by atoms with E-state index in [1.807, 2.05) is 12.1 Å². The van der Waals surface area contributed by atoms with Crippen LogP contribution in [0.5, 0.6) is 0 Å². The van der Waals surface area contributed by atoms with Crippen molar-refractivity contribution in [2.45, 2.75) is 0 Å². The van der Waals surface area contributed by atoms with Crippen molar-refractivity contribution in [3.8, 4) is 16.8 Å². The number of hydrogen-bond acceptors (Lipinski definition) is 1. The van der Waals surface area contributed by atoms with Gasteiger partial charge in [0.05, 0.1) is 11.0 Å². The molecule has 0 aliphatic carbocycles. The van der Waals surface area contributed by atoms with Gasteiger partial charge in [0.15, 0.2) is 0 Å². The maximum absolute atomic E-state index is 6.28. The molecule has 168 valence electrons. The van der Waals surface area contributed by atoms with Crippen LogP contribution in [0.4, 0.5) is 0 Å². The highest BCUT2D eigenvalue weighted by atomic mass is 16.3. The van der Waals surface area contributed by atoms with Crippen molar-refractivity contribution in [1.29, 1.82) is 0 Å². The quantitative estimate of drug-likeness (QED) is 0.252. The standard InChI is InChI=1S/C34H21NO/c1-2-8-22(9-3-1)23-14-17-25(18-15-23)35-31-12-6-4-10-26(31)28-19-16-24-20-30-27-11-5-7-13-32(27)36-33(30)21-29(24)34(28)35/h1-21H. The second-order valence-electron chi connectivity index (χ2n) is 9.39. The monoisotopic (exact) mass is 459 g/mol. The topological polar surface area (TPSA) is 18.1 Å². The summed E-state index contributed by atoms with van der Waals surface area (Å²) in [6, 6.07) is 45.4. The van der Waals surface area contributed by atoms with Gasteiger partial charge < -0.3 is 8.98 Å². The molecular weight excluding hydrogens is 438 g/mol. The van der Waals surface area contributed by atoms with E-state index in [4.69, 9.17) is 4.42 Å². The Morgan fingerprint density at radius 1 is 0.444 bits per heavy atom. The molecule has 0 aliphatic heterocycles. The largest absolute Gasteiger partial charge is 0.456 e. The molecule has 0 saturated heterocycles. The predicted molar refractivity (Wildman–Crippen MR) is 151 cm³/mol. The van der Waals surface area contributed by atoms with E-state index in [9.17, 15) is 0 Å². The summed E-state index contributed by atoms with van der Waals surface area (Å²) < 4.78 is 8.68. The Morgan fingerprint density at radius 3 is 2.03 bits per heavy atom. The summed E-state index contributed by atoms with van der Waals surface area (Å²) in [6.07, 6.45) is 0. The number of para-hydroxylation sites is 2. The minimum Gasteiger partial charge on any atom is -0.456 e. The first-order chi connectivity index (χ1) is 17.8. The average Bonchev–Trinajstić information content (AvgIpc) is 3.48. The lowest BCUT2D eigenvalue weighted by atomic mass is 10.0. The van der Waals surface area contributed by atoms with Gasteiger partial charge in [-0.15, -0.1) is 0 Å². The fourth-order valence-electron chi connectivity index (χ4n) is 5.71. The third kappa shape index (κ3) is 2.73. The van der Waals surface area contributed by atoms with Crippen LogP contribution >= 0.6 is 0 Å². The van der Waals surface area contributed by atoms with E-state index in [-0.39, 0.29) is 0 Å². The van der Waals surface area contributed by atoms with Crippen LogP contribution in [-0.2, 0) is 0 Å². The van der Waals surface area contributed by atoms with Gasteiger partial charge in [-0.1, -0.05) is 91.0 Å². The molecule has 0 bridgehead atoms. The summed E-state index contributed by atoms with van der Waals surface area (Å²) in [5.41, 5.74) is 7.86. The summed E-state index contributed by atoms with van der Waals surface area (Å²) >= 11 is 0. The normalized spacial score (nSPS) is 11.9. The van der Waals surface area contributed by atoms with Crippen LogP contribution in [0.15, 0.2) is 132 Å². The van der Waals surface area contributed by atoms with E-state index >= 15 is 0 Å². The number of furan rings is 1. The molecule has 0 fully saturated rings. The molecule has 0 radical (unpaired) electrons. The molecule has 2 aromatic heterocycles. The van der Waals surface area contributed by atoms with Crippen LogP contribution in [0.3, 0.4) is 0 Å². The molecule has 0 amide bonds. The second kappa shape index (κ2) is 7.34. The molecule has 0 unspecified atom stereocenters. The van der Waals surface area contributed by atoms with Crippen molar-refractivity contribution < 1.29 is 4.42 Å². The van der Waals surface area contributed by atoms with E-state index < -0.39 is 0 Å². The fraction of sp³-hybridized carbons (Fsp3) is 0. The lowest BCUT2D eigenvalue weighted by Crippen LogP contribution is -1.94. The van der Waals surface area contributed by atoms with Gasteiger partial charge in [-0.3, -0.25) is 0 Å². The molecule has 36 heavy (non-hydrogen) atoms. The van der Waals surface area contributed by atoms with Gasteiger partial charge >= 0.3 is 0 Å². The zero-order chi connectivity index (χ0) is 23.6. The molecule has 0 spiro atoms. The number of benzene rings is 6. The van der Waals surface area contributed by atoms with Gasteiger partial charge in [0.25, 0.3) is 0 Å². The van der Waals surface area contributed by atoms with Crippen molar-refractivity contribution in [2.75, 3.05) is 0 Å². The first-order valence-electron chi connectivity index (χ1n) is 12.3. The van der Waals surface area contributed by atoms with Crippen molar-refractivity contribution in [2.24, 2.45) is 0 Å². The van der Waals surface area contributed by atoms with E-state index in [2.05, 4.69) is 120 Å². The summed E-state index contributed by atoms with van der Waals surface area (Å²) in [4.78, 5) is 0. The van der Waals surface area contributed by atoms with Gasteiger partial charge in [-0.25, -0.2) is 0 Å². The first-order valence-corrected chi connectivity index (χ1v) is 12.3. The van der Waals surface area contributed by atoms with Gasteiger partial charge in [-0.2, -0.15) is 0 Å². The lowest BCUT2D eigenvalue weighted by Gasteiger charge is -2.11. The molecule has 2 heteroatoms. The maximum atomic E-state index is 6.28. The van der Waals surface area contributed by atoms with Crippen LogP contribution < -0.4 is 0 Å². The third-order valence-electron chi connectivity index (χ3n) is 7.38. The SMILES string of the molecule is c1ccc(-c2ccc(-n3c4ccccc4c4ccc5cc6c(cc5c43)oc3ccccc36)cc2)cc1. The highest BCUT2D eigenvalue weighted by molar-refractivity contribution is 6.21. The average molecular weight is 460 g/mol. The fourth-order valence-corrected chi connectivity index (χ4v) is 5.71. The van der Waals surface area contributed by atoms with Crippen molar-refractivity contribution in [3.05, 3.63) is 127 Å². The number of rotatable bonds is 2. The molecule has 2 heterocycles. The van der Waals surface area contributed by atoms with Crippen LogP contribution in [0.1, 0.15) is 0 Å². The summed E-state index contributed by atoms with van der Waals surface area (Å²) in [5.74, 6) is 0. The van der Waals surface area contributed by atoms with Crippen molar-refractivity contribution >= 4 is 54.5 Å². The smallest absolute Gasteiger partial charge is 0.136 e. The highest BCUT2D eigenvalue weighted by Crippen LogP contribution is 2.40. The van der Waals surface area contributed by atoms with Crippen LogP contribution in [-0.4, -0.2) is 4.57 Å². The van der Waals surface area contributed by atoms with Crippen LogP contribution in [0.2, 0.25) is 0 Å². The number of fused-ring (bicyclic) bond motifs is 8. The highest BCUT2D eigenvalue weighted by Gasteiger charge is 2.17. The predicted octanol–water partition coefficient (Wildman–Crippen LogP) is 9.50. The molecule has 2 nitrogen and oxygen atoms in total. The summed E-state index contributed by atoms with van der Waals surface area (Å²) in [7, 11) is 0. The lowest BCUT2D eigenvalue weighted by molar-refractivity contribution is 0.669. The Kier molecular flexibility index (Phi) is 3.97. The minimum absolute atomic E-state index is 0.924. The zero-order valence-corrected chi connectivity index (χ0v) is 19.5.